The van der Waals surface area contributed by atoms with Gasteiger partial charge in [0.25, 0.3) is 0 Å². The zero-order chi connectivity index (χ0) is 37.6. The molecule has 0 fully saturated rings. The minimum absolute atomic E-state index is 0.115. The summed E-state index contributed by atoms with van der Waals surface area (Å²) in [5.41, 5.74) is 18.3. The molecule has 9 aromatic carbocycles. The molecule has 0 unspecified atom stereocenters. The Bertz CT molecular complexity index is 2860. The van der Waals surface area contributed by atoms with Crippen molar-refractivity contribution in [3.8, 4) is 55.6 Å². The van der Waals surface area contributed by atoms with Crippen molar-refractivity contribution >= 4 is 27.8 Å². The van der Waals surface area contributed by atoms with Crippen LogP contribution in [0.3, 0.4) is 0 Å². The molecule has 1 nitrogen and oxygen atoms in total. The molecule has 266 valence electrons. The standard InChI is InChI=1S/C55H41N/c1-55(2)50-23-12-10-22-49(50)54-51(55)24-14-26-53(54)56(52-25-13-11-21-48(52)47-20-9-8-19-46(47)42-16-4-3-5-17-42)45-35-33-40(34-36-45)39-27-29-41(30-28-39)44-32-31-38-15-6-7-18-43(38)37-44/h3-37H,1-2H3. The van der Waals surface area contributed by atoms with Crippen LogP contribution in [-0.4, -0.2) is 0 Å². The third-order valence-corrected chi connectivity index (χ3v) is 11.7. The first-order valence-electron chi connectivity index (χ1n) is 19.5. The summed E-state index contributed by atoms with van der Waals surface area (Å²) in [6.45, 7) is 4.71. The van der Waals surface area contributed by atoms with Gasteiger partial charge in [-0.3, -0.25) is 0 Å². The topological polar surface area (TPSA) is 3.24 Å². The van der Waals surface area contributed by atoms with Crippen LogP contribution in [0.15, 0.2) is 212 Å². The van der Waals surface area contributed by atoms with Crippen molar-refractivity contribution in [2.75, 3.05) is 4.90 Å². The molecule has 56 heavy (non-hydrogen) atoms. The Hall–Kier alpha value is -6.96. The van der Waals surface area contributed by atoms with E-state index in [0.29, 0.717) is 0 Å². The molecule has 0 aromatic heterocycles. The van der Waals surface area contributed by atoms with E-state index >= 15 is 0 Å². The first-order valence-corrected chi connectivity index (χ1v) is 19.5. The lowest BCUT2D eigenvalue weighted by atomic mass is 9.82. The monoisotopic (exact) mass is 715 g/mol. The minimum Gasteiger partial charge on any atom is -0.309 e. The van der Waals surface area contributed by atoms with Crippen molar-refractivity contribution in [3.05, 3.63) is 223 Å². The van der Waals surface area contributed by atoms with E-state index < -0.39 is 0 Å². The summed E-state index contributed by atoms with van der Waals surface area (Å²) in [4.78, 5) is 2.49. The van der Waals surface area contributed by atoms with Crippen molar-refractivity contribution in [2.45, 2.75) is 19.3 Å². The van der Waals surface area contributed by atoms with Gasteiger partial charge in [-0.2, -0.15) is 0 Å². The molecule has 0 bridgehead atoms. The van der Waals surface area contributed by atoms with Crippen molar-refractivity contribution in [3.63, 3.8) is 0 Å². The summed E-state index contributed by atoms with van der Waals surface area (Å²) in [7, 11) is 0. The summed E-state index contributed by atoms with van der Waals surface area (Å²) in [5.74, 6) is 0. The quantitative estimate of drug-likeness (QED) is 0.159. The highest BCUT2D eigenvalue weighted by Gasteiger charge is 2.38. The fraction of sp³-hybridized carbons (Fsp3) is 0.0545. The Labute approximate surface area is 329 Å². The lowest BCUT2D eigenvalue weighted by molar-refractivity contribution is 0.660. The number of hydrogen-bond donors (Lipinski definition) is 0. The van der Waals surface area contributed by atoms with Gasteiger partial charge in [0, 0.05) is 22.2 Å². The zero-order valence-electron chi connectivity index (χ0n) is 31.7. The number of fused-ring (bicyclic) bond motifs is 4. The van der Waals surface area contributed by atoms with Gasteiger partial charge in [0.1, 0.15) is 0 Å². The van der Waals surface area contributed by atoms with Gasteiger partial charge in [-0.05, 0) is 96.7 Å². The van der Waals surface area contributed by atoms with Crippen LogP contribution in [-0.2, 0) is 5.41 Å². The van der Waals surface area contributed by atoms with Crippen LogP contribution in [0.2, 0.25) is 0 Å². The molecular weight excluding hydrogens is 675 g/mol. The molecule has 1 heteroatoms. The highest BCUT2D eigenvalue weighted by molar-refractivity contribution is 5.99. The number of benzene rings is 9. The van der Waals surface area contributed by atoms with Gasteiger partial charge in [-0.25, -0.2) is 0 Å². The number of rotatable bonds is 7. The van der Waals surface area contributed by atoms with E-state index in [4.69, 9.17) is 0 Å². The van der Waals surface area contributed by atoms with Gasteiger partial charge in [0.05, 0.1) is 11.4 Å². The van der Waals surface area contributed by atoms with Gasteiger partial charge in [-0.15, -0.1) is 0 Å². The molecular formula is C55H41N. The largest absolute Gasteiger partial charge is 0.309 e. The predicted octanol–water partition coefficient (Wildman–Crippen LogP) is 15.3. The summed E-state index contributed by atoms with van der Waals surface area (Å²) in [5, 5.41) is 2.52. The van der Waals surface area contributed by atoms with Crippen molar-refractivity contribution in [1.29, 1.82) is 0 Å². The van der Waals surface area contributed by atoms with Crippen LogP contribution < -0.4 is 4.90 Å². The van der Waals surface area contributed by atoms with E-state index in [0.717, 1.165) is 11.4 Å². The van der Waals surface area contributed by atoms with E-state index in [-0.39, 0.29) is 5.41 Å². The van der Waals surface area contributed by atoms with Crippen LogP contribution in [0.5, 0.6) is 0 Å². The molecule has 0 saturated carbocycles. The van der Waals surface area contributed by atoms with Gasteiger partial charge in [0.2, 0.25) is 0 Å². The maximum absolute atomic E-state index is 2.49. The number of nitrogens with zero attached hydrogens (tertiary/aromatic N) is 1. The summed E-state index contributed by atoms with van der Waals surface area (Å²) >= 11 is 0. The number of hydrogen-bond acceptors (Lipinski definition) is 1. The van der Waals surface area contributed by atoms with E-state index in [1.807, 2.05) is 0 Å². The maximum atomic E-state index is 2.49. The van der Waals surface area contributed by atoms with Gasteiger partial charge in [-0.1, -0.05) is 196 Å². The lowest BCUT2D eigenvalue weighted by Crippen LogP contribution is -2.16. The third-order valence-electron chi connectivity index (χ3n) is 11.7. The molecule has 0 aliphatic heterocycles. The second-order valence-corrected chi connectivity index (χ2v) is 15.3. The van der Waals surface area contributed by atoms with Crippen molar-refractivity contribution in [2.24, 2.45) is 0 Å². The van der Waals surface area contributed by atoms with E-state index in [1.165, 1.54) is 83.2 Å². The van der Waals surface area contributed by atoms with Crippen LogP contribution >= 0.6 is 0 Å². The SMILES string of the molecule is CC1(C)c2ccccc2-c2c(N(c3ccc(-c4ccc(-c5ccc6ccccc6c5)cc4)cc3)c3ccccc3-c3ccccc3-c3ccccc3)cccc21. The first kappa shape index (κ1) is 33.6. The van der Waals surface area contributed by atoms with E-state index in [2.05, 4.69) is 231 Å². The molecule has 0 saturated heterocycles. The van der Waals surface area contributed by atoms with E-state index in [9.17, 15) is 0 Å². The average Bonchev–Trinajstić information content (AvgIpc) is 3.50. The van der Waals surface area contributed by atoms with Crippen LogP contribution in [0.25, 0.3) is 66.4 Å². The number of para-hydroxylation sites is 1. The Morgan fingerprint density at radius 1 is 0.321 bits per heavy atom. The smallest absolute Gasteiger partial charge is 0.0543 e. The molecule has 10 rings (SSSR count). The molecule has 0 atom stereocenters. The molecule has 1 aliphatic carbocycles. The van der Waals surface area contributed by atoms with Crippen LogP contribution in [0.1, 0.15) is 25.0 Å². The molecule has 0 spiro atoms. The highest BCUT2D eigenvalue weighted by atomic mass is 15.1. The molecule has 9 aromatic rings. The Morgan fingerprint density at radius 2 is 0.839 bits per heavy atom. The second-order valence-electron chi connectivity index (χ2n) is 15.3. The molecule has 0 amide bonds. The van der Waals surface area contributed by atoms with Gasteiger partial charge in [0.15, 0.2) is 0 Å². The van der Waals surface area contributed by atoms with Gasteiger partial charge < -0.3 is 4.90 Å². The van der Waals surface area contributed by atoms with Gasteiger partial charge >= 0.3 is 0 Å². The molecule has 0 radical (unpaired) electrons. The zero-order valence-corrected chi connectivity index (χ0v) is 31.7. The normalized spacial score (nSPS) is 12.6. The predicted molar refractivity (Wildman–Crippen MR) is 238 cm³/mol. The van der Waals surface area contributed by atoms with Crippen molar-refractivity contribution < 1.29 is 0 Å². The summed E-state index contributed by atoms with van der Waals surface area (Å²) in [6, 6.07) is 77.6. The fourth-order valence-electron chi connectivity index (χ4n) is 8.84. The maximum Gasteiger partial charge on any atom is 0.0543 e. The average molecular weight is 716 g/mol. The Kier molecular flexibility index (Phi) is 8.23. The third kappa shape index (κ3) is 5.72. The van der Waals surface area contributed by atoms with Crippen molar-refractivity contribution in [1.82, 2.24) is 0 Å². The molecule has 1 aliphatic rings. The Balaban J connectivity index is 1.11. The molecule has 0 N–H and O–H groups in total. The second kappa shape index (κ2) is 13.7. The summed E-state index contributed by atoms with van der Waals surface area (Å²) in [6.07, 6.45) is 0. The molecule has 0 heterocycles. The summed E-state index contributed by atoms with van der Waals surface area (Å²) < 4.78 is 0. The Morgan fingerprint density at radius 3 is 1.59 bits per heavy atom. The fourth-order valence-corrected chi connectivity index (χ4v) is 8.84. The lowest BCUT2D eigenvalue weighted by Gasteiger charge is -2.31. The minimum atomic E-state index is -0.115. The van der Waals surface area contributed by atoms with E-state index in [1.54, 1.807) is 0 Å². The van der Waals surface area contributed by atoms with Crippen LogP contribution in [0.4, 0.5) is 17.1 Å². The van der Waals surface area contributed by atoms with Crippen LogP contribution in [0, 0.1) is 0 Å². The highest BCUT2D eigenvalue weighted by Crippen LogP contribution is 2.55. The number of anilines is 3. The first-order chi connectivity index (χ1) is 27.5.